The Morgan fingerprint density at radius 3 is 2.72 bits per heavy atom. The highest BCUT2D eigenvalue weighted by Gasteiger charge is 2.05. The molecule has 0 aliphatic rings. The molecule has 0 amide bonds. The maximum absolute atomic E-state index is 13.3. The van der Waals surface area contributed by atoms with E-state index in [1.807, 2.05) is 0 Å². The van der Waals surface area contributed by atoms with Crippen molar-refractivity contribution in [2.24, 2.45) is 5.16 Å². The van der Waals surface area contributed by atoms with Gasteiger partial charge in [0.15, 0.2) is 0 Å². The average Bonchev–Trinajstić information content (AvgIpc) is 2.37. The van der Waals surface area contributed by atoms with E-state index in [-0.39, 0.29) is 5.02 Å². The second-order valence-corrected chi connectivity index (χ2v) is 3.87. The van der Waals surface area contributed by atoms with Gasteiger partial charge >= 0.3 is 0 Å². The van der Waals surface area contributed by atoms with Gasteiger partial charge in [0.25, 0.3) is 0 Å². The molecule has 0 radical (unpaired) electrons. The molecule has 1 N–H and O–H groups in total. The smallest absolute Gasteiger partial charge is 0.145 e. The van der Waals surface area contributed by atoms with Gasteiger partial charge in [0.05, 0.1) is 11.2 Å². The lowest BCUT2D eigenvalue weighted by molar-refractivity contribution is 0.321. The lowest BCUT2D eigenvalue weighted by atomic mass is 10.2. The first kappa shape index (κ1) is 12.4. The molecule has 0 aromatic heterocycles. The number of nitrogens with zero attached hydrogens (tertiary/aromatic N) is 1. The van der Waals surface area contributed by atoms with Crippen molar-refractivity contribution in [1.82, 2.24) is 0 Å². The van der Waals surface area contributed by atoms with Crippen LogP contribution < -0.4 is 4.74 Å². The molecule has 2 aromatic rings. The summed E-state index contributed by atoms with van der Waals surface area (Å²) in [5.41, 5.74) is 0.579. The first-order valence-electron chi connectivity index (χ1n) is 5.10. The van der Waals surface area contributed by atoms with Crippen LogP contribution in [0.3, 0.4) is 0 Å². The first-order valence-corrected chi connectivity index (χ1v) is 5.48. The second-order valence-electron chi connectivity index (χ2n) is 3.46. The van der Waals surface area contributed by atoms with E-state index in [1.165, 1.54) is 18.3 Å². The summed E-state index contributed by atoms with van der Waals surface area (Å²) in [6, 6.07) is 11.1. The van der Waals surface area contributed by atoms with Crippen molar-refractivity contribution in [3.05, 3.63) is 58.9 Å². The summed E-state index contributed by atoms with van der Waals surface area (Å²) in [7, 11) is 0. The van der Waals surface area contributed by atoms with Crippen LogP contribution in [-0.4, -0.2) is 11.4 Å². The second kappa shape index (κ2) is 5.51. The van der Waals surface area contributed by atoms with Gasteiger partial charge in [-0.05, 0) is 24.3 Å². The van der Waals surface area contributed by atoms with Gasteiger partial charge < -0.3 is 9.94 Å². The van der Waals surface area contributed by atoms with Crippen LogP contribution in [0.1, 0.15) is 5.56 Å². The third-order valence-corrected chi connectivity index (χ3v) is 2.54. The van der Waals surface area contributed by atoms with Crippen LogP contribution in [0.2, 0.25) is 5.02 Å². The number of benzene rings is 2. The van der Waals surface area contributed by atoms with Gasteiger partial charge in [0.1, 0.15) is 17.3 Å². The summed E-state index contributed by atoms with van der Waals surface area (Å²) < 4.78 is 18.7. The molecule has 0 saturated heterocycles. The van der Waals surface area contributed by atoms with Gasteiger partial charge in [-0.25, -0.2) is 4.39 Å². The van der Waals surface area contributed by atoms with E-state index in [1.54, 1.807) is 30.3 Å². The summed E-state index contributed by atoms with van der Waals surface area (Å²) in [5, 5.41) is 11.5. The normalized spacial score (nSPS) is 10.8. The Hall–Kier alpha value is -2.07. The molecule has 0 bridgehead atoms. The number of rotatable bonds is 3. The molecule has 0 aliphatic heterocycles. The van der Waals surface area contributed by atoms with Crippen molar-refractivity contribution >= 4 is 17.8 Å². The predicted molar refractivity (Wildman–Crippen MR) is 67.3 cm³/mol. The number of oxime groups is 1. The molecule has 5 heteroatoms. The van der Waals surface area contributed by atoms with Crippen LogP contribution in [0, 0.1) is 5.82 Å². The third kappa shape index (κ3) is 2.78. The number of hydrogen-bond donors (Lipinski definition) is 1. The standard InChI is InChI=1S/C13H9ClFNO2/c14-11-6-5-10(7-12(11)15)18-13-4-2-1-3-9(13)8-16-17/h1-8,17H. The Morgan fingerprint density at radius 2 is 2.00 bits per heavy atom. The minimum atomic E-state index is -0.553. The maximum atomic E-state index is 13.3. The van der Waals surface area contributed by atoms with Crippen LogP contribution in [0.15, 0.2) is 47.6 Å². The highest BCUT2D eigenvalue weighted by atomic mass is 35.5. The monoisotopic (exact) mass is 265 g/mol. The van der Waals surface area contributed by atoms with E-state index in [2.05, 4.69) is 5.16 Å². The van der Waals surface area contributed by atoms with Gasteiger partial charge in [0, 0.05) is 11.6 Å². The van der Waals surface area contributed by atoms with Crippen molar-refractivity contribution in [1.29, 1.82) is 0 Å². The third-order valence-electron chi connectivity index (χ3n) is 2.23. The van der Waals surface area contributed by atoms with Gasteiger partial charge in [-0.3, -0.25) is 0 Å². The Kier molecular flexibility index (Phi) is 3.79. The molecule has 2 rings (SSSR count). The van der Waals surface area contributed by atoms with E-state index >= 15 is 0 Å². The highest BCUT2D eigenvalue weighted by Crippen LogP contribution is 2.27. The number of halogens is 2. The molecule has 18 heavy (non-hydrogen) atoms. The molecule has 0 atom stereocenters. The molecule has 0 unspecified atom stereocenters. The minimum Gasteiger partial charge on any atom is -0.457 e. The van der Waals surface area contributed by atoms with Crippen LogP contribution in [-0.2, 0) is 0 Å². The van der Waals surface area contributed by atoms with E-state index in [9.17, 15) is 4.39 Å². The Labute approximate surface area is 108 Å². The first-order chi connectivity index (χ1) is 8.70. The minimum absolute atomic E-state index is 0.0348. The number of hydrogen-bond acceptors (Lipinski definition) is 3. The summed E-state index contributed by atoms with van der Waals surface area (Å²) >= 11 is 5.58. The Bertz CT molecular complexity index is 587. The van der Waals surface area contributed by atoms with Gasteiger partial charge in [0.2, 0.25) is 0 Å². The lowest BCUT2D eigenvalue weighted by Gasteiger charge is -2.08. The lowest BCUT2D eigenvalue weighted by Crippen LogP contribution is -1.91. The van der Waals surface area contributed by atoms with Crippen LogP contribution in [0.4, 0.5) is 4.39 Å². The van der Waals surface area contributed by atoms with Crippen molar-refractivity contribution in [3.63, 3.8) is 0 Å². The van der Waals surface area contributed by atoms with Crippen molar-refractivity contribution in [3.8, 4) is 11.5 Å². The zero-order valence-electron chi connectivity index (χ0n) is 9.18. The van der Waals surface area contributed by atoms with Crippen molar-refractivity contribution in [2.45, 2.75) is 0 Å². The molecule has 3 nitrogen and oxygen atoms in total. The summed E-state index contributed by atoms with van der Waals surface area (Å²) in [6.45, 7) is 0. The van der Waals surface area contributed by atoms with Gasteiger partial charge in [-0.2, -0.15) is 0 Å². The summed E-state index contributed by atoms with van der Waals surface area (Å²) in [4.78, 5) is 0. The maximum Gasteiger partial charge on any atom is 0.145 e. The summed E-state index contributed by atoms with van der Waals surface area (Å²) in [5.74, 6) is 0.218. The van der Waals surface area contributed by atoms with Gasteiger partial charge in [-0.1, -0.05) is 28.9 Å². The van der Waals surface area contributed by atoms with E-state index in [4.69, 9.17) is 21.5 Å². The highest BCUT2D eigenvalue weighted by molar-refractivity contribution is 6.30. The molecule has 0 spiro atoms. The largest absolute Gasteiger partial charge is 0.457 e. The molecule has 2 aromatic carbocycles. The number of ether oxygens (including phenoxy) is 1. The zero-order valence-corrected chi connectivity index (χ0v) is 9.93. The quantitative estimate of drug-likeness (QED) is 0.516. The van der Waals surface area contributed by atoms with Crippen molar-refractivity contribution < 1.29 is 14.3 Å². The Balaban J connectivity index is 2.31. The van der Waals surface area contributed by atoms with E-state index in [0.29, 0.717) is 17.1 Å². The molecular weight excluding hydrogens is 257 g/mol. The molecule has 0 heterocycles. The van der Waals surface area contributed by atoms with E-state index in [0.717, 1.165) is 0 Å². The van der Waals surface area contributed by atoms with E-state index < -0.39 is 5.82 Å². The van der Waals surface area contributed by atoms with Crippen LogP contribution >= 0.6 is 11.6 Å². The predicted octanol–water partition coefficient (Wildman–Crippen LogP) is 4.08. The fourth-order valence-corrected chi connectivity index (χ4v) is 1.53. The fourth-order valence-electron chi connectivity index (χ4n) is 1.41. The molecule has 0 fully saturated rings. The summed E-state index contributed by atoms with van der Waals surface area (Å²) in [6.07, 6.45) is 1.24. The molecular formula is C13H9ClFNO2. The average molecular weight is 266 g/mol. The fraction of sp³-hybridized carbons (Fsp3) is 0. The topological polar surface area (TPSA) is 41.8 Å². The molecule has 92 valence electrons. The molecule has 0 saturated carbocycles. The van der Waals surface area contributed by atoms with Crippen molar-refractivity contribution in [2.75, 3.05) is 0 Å². The number of para-hydroxylation sites is 1. The van der Waals surface area contributed by atoms with Gasteiger partial charge in [-0.15, -0.1) is 0 Å². The SMILES string of the molecule is ON=Cc1ccccc1Oc1ccc(Cl)c(F)c1. The molecule has 0 aliphatic carbocycles. The Morgan fingerprint density at radius 1 is 1.22 bits per heavy atom. The van der Waals surface area contributed by atoms with Crippen LogP contribution in [0.25, 0.3) is 0 Å². The van der Waals surface area contributed by atoms with Crippen LogP contribution in [0.5, 0.6) is 11.5 Å². The zero-order chi connectivity index (χ0) is 13.0.